The van der Waals surface area contributed by atoms with Gasteiger partial charge in [-0.3, -0.25) is 0 Å². The van der Waals surface area contributed by atoms with E-state index in [2.05, 4.69) is 5.10 Å². The van der Waals surface area contributed by atoms with Crippen LogP contribution in [0.25, 0.3) is 28.1 Å². The lowest BCUT2D eigenvalue weighted by Gasteiger charge is -2.11. The Bertz CT molecular complexity index is 1200. The van der Waals surface area contributed by atoms with E-state index in [-0.39, 0.29) is 4.90 Å². The topological polar surface area (TPSA) is 78.0 Å². The first kappa shape index (κ1) is 19.7. The maximum absolute atomic E-state index is 11.6. The van der Waals surface area contributed by atoms with Crippen molar-refractivity contribution in [3.63, 3.8) is 0 Å². The van der Waals surface area contributed by atoms with Gasteiger partial charge >= 0.3 is 0 Å². The SMILES string of the molecule is NS(=O)(=O)c1ccc(-c2c(-c3ccc(Cl)cc3)cnn2-c2ccc(Cl)cc2)cc1. The van der Waals surface area contributed by atoms with Crippen molar-refractivity contribution >= 4 is 33.2 Å². The number of hydrogen-bond donors (Lipinski definition) is 1. The van der Waals surface area contributed by atoms with Gasteiger partial charge < -0.3 is 0 Å². The Morgan fingerprint density at radius 1 is 0.759 bits per heavy atom. The van der Waals surface area contributed by atoms with Gasteiger partial charge in [0.25, 0.3) is 0 Å². The number of aromatic nitrogens is 2. The average molecular weight is 444 g/mol. The normalized spacial score (nSPS) is 11.6. The Hall–Kier alpha value is -2.64. The van der Waals surface area contributed by atoms with E-state index >= 15 is 0 Å². The standard InChI is InChI=1S/C21H15Cl2N3O2S/c22-16-5-1-14(2-6-16)20-13-25-26(18-9-7-17(23)8-10-18)21(20)15-3-11-19(12-4-15)29(24,27)28/h1-13H,(H2,24,27,28). The Balaban J connectivity index is 1.92. The fourth-order valence-corrected chi connectivity index (χ4v) is 3.81. The highest BCUT2D eigenvalue weighted by molar-refractivity contribution is 7.89. The first-order valence-electron chi connectivity index (χ1n) is 8.56. The molecule has 5 nitrogen and oxygen atoms in total. The van der Waals surface area contributed by atoms with Crippen molar-refractivity contribution in [1.29, 1.82) is 0 Å². The fourth-order valence-electron chi connectivity index (χ4n) is 3.05. The minimum absolute atomic E-state index is 0.0480. The van der Waals surface area contributed by atoms with Crippen LogP contribution >= 0.6 is 23.2 Å². The van der Waals surface area contributed by atoms with E-state index in [0.717, 1.165) is 28.1 Å². The summed E-state index contributed by atoms with van der Waals surface area (Å²) in [6, 6.07) is 21.1. The van der Waals surface area contributed by atoms with Gasteiger partial charge in [0.2, 0.25) is 10.0 Å². The van der Waals surface area contributed by atoms with Crippen LogP contribution in [0.5, 0.6) is 0 Å². The molecule has 3 aromatic carbocycles. The summed E-state index contributed by atoms with van der Waals surface area (Å²) < 4.78 is 25.0. The zero-order valence-electron chi connectivity index (χ0n) is 15.0. The van der Waals surface area contributed by atoms with E-state index in [1.54, 1.807) is 35.1 Å². The summed E-state index contributed by atoms with van der Waals surface area (Å²) in [5.41, 5.74) is 4.21. The molecular formula is C21H15Cl2N3O2S. The molecule has 0 fully saturated rings. The molecule has 8 heteroatoms. The highest BCUT2D eigenvalue weighted by Crippen LogP contribution is 2.35. The highest BCUT2D eigenvalue weighted by Gasteiger charge is 2.17. The Labute approximate surface area is 178 Å². The number of hydrogen-bond acceptors (Lipinski definition) is 3. The molecule has 0 bridgehead atoms. The monoisotopic (exact) mass is 443 g/mol. The van der Waals surface area contributed by atoms with Crippen molar-refractivity contribution in [2.75, 3.05) is 0 Å². The average Bonchev–Trinajstić information content (AvgIpc) is 3.13. The summed E-state index contributed by atoms with van der Waals surface area (Å²) in [5, 5.41) is 11.0. The lowest BCUT2D eigenvalue weighted by atomic mass is 10.0. The van der Waals surface area contributed by atoms with Crippen molar-refractivity contribution < 1.29 is 8.42 Å². The number of sulfonamides is 1. The summed E-state index contributed by atoms with van der Waals surface area (Å²) in [6.07, 6.45) is 1.76. The molecule has 1 heterocycles. The molecule has 0 aliphatic rings. The second-order valence-electron chi connectivity index (χ2n) is 6.37. The highest BCUT2D eigenvalue weighted by atomic mass is 35.5. The van der Waals surface area contributed by atoms with Gasteiger partial charge in [0.05, 0.1) is 22.5 Å². The first-order valence-corrected chi connectivity index (χ1v) is 10.9. The molecule has 0 amide bonds. The van der Waals surface area contributed by atoms with E-state index in [0.29, 0.717) is 10.0 Å². The van der Waals surface area contributed by atoms with E-state index in [1.165, 1.54) is 12.1 Å². The van der Waals surface area contributed by atoms with Crippen molar-refractivity contribution in [2.45, 2.75) is 4.90 Å². The minimum Gasteiger partial charge on any atom is -0.232 e. The van der Waals surface area contributed by atoms with E-state index in [9.17, 15) is 8.42 Å². The van der Waals surface area contributed by atoms with Gasteiger partial charge in [-0.25, -0.2) is 18.2 Å². The fraction of sp³-hybridized carbons (Fsp3) is 0. The molecule has 146 valence electrons. The molecule has 0 unspecified atom stereocenters. The summed E-state index contributed by atoms with van der Waals surface area (Å²) in [6.45, 7) is 0. The van der Waals surface area contributed by atoms with Gasteiger partial charge in [0.1, 0.15) is 0 Å². The molecule has 0 spiro atoms. The van der Waals surface area contributed by atoms with Gasteiger partial charge in [0, 0.05) is 21.2 Å². The van der Waals surface area contributed by atoms with E-state index in [1.807, 2.05) is 36.4 Å². The predicted molar refractivity (Wildman–Crippen MR) is 116 cm³/mol. The van der Waals surface area contributed by atoms with Crippen LogP contribution in [-0.2, 0) is 10.0 Å². The molecule has 4 rings (SSSR count). The molecule has 0 saturated carbocycles. The van der Waals surface area contributed by atoms with Crippen LogP contribution in [0.4, 0.5) is 0 Å². The van der Waals surface area contributed by atoms with Crippen molar-refractivity contribution in [3.8, 4) is 28.1 Å². The van der Waals surface area contributed by atoms with Gasteiger partial charge in [0.15, 0.2) is 0 Å². The molecule has 0 atom stereocenters. The van der Waals surface area contributed by atoms with Crippen LogP contribution in [0.2, 0.25) is 10.0 Å². The van der Waals surface area contributed by atoms with Crippen molar-refractivity contribution in [3.05, 3.63) is 89.0 Å². The quantitative estimate of drug-likeness (QED) is 0.472. The smallest absolute Gasteiger partial charge is 0.232 e. The second-order valence-corrected chi connectivity index (χ2v) is 8.81. The van der Waals surface area contributed by atoms with Crippen LogP contribution in [0, 0.1) is 0 Å². The Morgan fingerprint density at radius 2 is 1.28 bits per heavy atom. The maximum atomic E-state index is 11.6. The van der Waals surface area contributed by atoms with Crippen LogP contribution in [0.1, 0.15) is 0 Å². The third-order valence-electron chi connectivity index (χ3n) is 4.45. The Morgan fingerprint density at radius 3 is 1.83 bits per heavy atom. The number of nitrogens with two attached hydrogens (primary N) is 1. The maximum Gasteiger partial charge on any atom is 0.238 e. The van der Waals surface area contributed by atoms with Crippen LogP contribution in [0.3, 0.4) is 0 Å². The van der Waals surface area contributed by atoms with Crippen LogP contribution < -0.4 is 5.14 Å². The van der Waals surface area contributed by atoms with Gasteiger partial charge in [-0.15, -0.1) is 0 Å². The third-order valence-corrected chi connectivity index (χ3v) is 5.89. The first-order chi connectivity index (χ1) is 13.8. The molecule has 0 saturated heterocycles. The molecule has 4 aromatic rings. The van der Waals surface area contributed by atoms with E-state index in [4.69, 9.17) is 28.3 Å². The largest absolute Gasteiger partial charge is 0.238 e. The number of primary sulfonamides is 1. The van der Waals surface area contributed by atoms with Crippen molar-refractivity contribution in [2.24, 2.45) is 5.14 Å². The molecule has 0 radical (unpaired) electrons. The van der Waals surface area contributed by atoms with E-state index < -0.39 is 10.0 Å². The minimum atomic E-state index is -3.77. The zero-order chi connectivity index (χ0) is 20.6. The number of nitrogens with zero attached hydrogens (tertiary/aromatic N) is 2. The molecule has 0 aliphatic heterocycles. The summed E-state index contributed by atoms with van der Waals surface area (Å²) >= 11 is 12.1. The van der Waals surface area contributed by atoms with Gasteiger partial charge in [-0.05, 0) is 54.1 Å². The number of rotatable bonds is 4. The van der Waals surface area contributed by atoms with Crippen LogP contribution in [0.15, 0.2) is 83.9 Å². The lowest BCUT2D eigenvalue weighted by Crippen LogP contribution is -2.11. The predicted octanol–water partition coefficient (Wildman–Crippen LogP) is 5.16. The molecular weight excluding hydrogens is 429 g/mol. The second kappa shape index (κ2) is 7.65. The molecule has 2 N–H and O–H groups in total. The van der Waals surface area contributed by atoms with Crippen LogP contribution in [-0.4, -0.2) is 18.2 Å². The van der Waals surface area contributed by atoms with Gasteiger partial charge in [-0.2, -0.15) is 5.10 Å². The third kappa shape index (κ3) is 4.06. The molecule has 1 aromatic heterocycles. The van der Waals surface area contributed by atoms with Gasteiger partial charge in [-0.1, -0.05) is 47.5 Å². The van der Waals surface area contributed by atoms with Crippen molar-refractivity contribution in [1.82, 2.24) is 9.78 Å². The molecule has 29 heavy (non-hydrogen) atoms. The zero-order valence-corrected chi connectivity index (χ0v) is 17.3. The Kier molecular flexibility index (Phi) is 5.19. The number of halogens is 2. The number of benzene rings is 3. The molecule has 0 aliphatic carbocycles. The lowest BCUT2D eigenvalue weighted by molar-refractivity contribution is 0.598. The summed E-state index contributed by atoms with van der Waals surface area (Å²) in [4.78, 5) is 0.0480. The summed E-state index contributed by atoms with van der Waals surface area (Å²) in [5.74, 6) is 0. The summed E-state index contributed by atoms with van der Waals surface area (Å²) in [7, 11) is -3.77.